The maximum Gasteiger partial charge on any atom is 0.268 e. The Hall–Kier alpha value is -0.760. The number of unbranched alkanes of at least 4 members (excludes halogenated alkanes) is 35. The predicted molar refractivity (Wildman–Crippen MR) is 266 cm³/mol. The van der Waals surface area contributed by atoms with Crippen LogP contribution in [0.2, 0.25) is 0 Å². The van der Waals surface area contributed by atoms with Gasteiger partial charge in [-0.15, -0.1) is 0 Å². The molecule has 1 amide bonds. The number of aliphatic hydroxyl groups excluding tert-OH is 1. The van der Waals surface area contributed by atoms with Gasteiger partial charge in [-0.3, -0.25) is 9.36 Å². The maximum absolute atomic E-state index is 12.9. The summed E-state index contributed by atoms with van der Waals surface area (Å²) < 4.78 is 23.4. The first-order chi connectivity index (χ1) is 30.0. The molecule has 0 rings (SSSR count). The number of phosphoric ester groups is 1. The van der Waals surface area contributed by atoms with Gasteiger partial charge < -0.3 is 28.8 Å². The summed E-state index contributed by atoms with van der Waals surface area (Å²) in [6.45, 7) is 4.74. The molecule has 0 saturated carbocycles. The molecule has 0 aromatic rings. The van der Waals surface area contributed by atoms with Crippen molar-refractivity contribution in [2.75, 3.05) is 40.9 Å². The molecule has 3 unspecified atom stereocenters. The van der Waals surface area contributed by atoms with E-state index in [1.165, 1.54) is 205 Å². The molecular formula is C53H107N2O6P. The number of hydrogen-bond donors (Lipinski definition) is 2. The van der Waals surface area contributed by atoms with Crippen LogP contribution in [0.3, 0.4) is 0 Å². The van der Waals surface area contributed by atoms with Crippen LogP contribution in [-0.4, -0.2) is 68.5 Å². The lowest BCUT2D eigenvalue weighted by molar-refractivity contribution is -0.870. The van der Waals surface area contributed by atoms with Crippen LogP contribution in [0.15, 0.2) is 12.2 Å². The van der Waals surface area contributed by atoms with Crippen molar-refractivity contribution in [3.8, 4) is 0 Å². The molecule has 0 aromatic heterocycles. The van der Waals surface area contributed by atoms with Crippen molar-refractivity contribution < 1.29 is 32.9 Å². The number of carbonyl (C=O) groups is 1. The monoisotopic (exact) mass is 899 g/mol. The van der Waals surface area contributed by atoms with Gasteiger partial charge in [-0.2, -0.15) is 0 Å². The lowest BCUT2D eigenvalue weighted by atomic mass is 10.0. The Labute approximate surface area is 386 Å². The molecule has 2 N–H and O–H groups in total. The Morgan fingerprint density at radius 3 is 1.27 bits per heavy atom. The third-order valence-electron chi connectivity index (χ3n) is 12.5. The highest BCUT2D eigenvalue weighted by molar-refractivity contribution is 7.45. The standard InChI is InChI=1S/C53H107N2O6P/c1-6-8-10-12-14-16-18-20-22-23-24-25-26-27-28-29-30-31-33-34-36-38-40-42-44-46-52(56)51(50-61-62(58,59)60-49-48-55(3,4)5)54-53(57)47-45-43-41-39-37-35-32-21-19-17-15-13-11-9-7-2/h17,19,51-52,56H,6-16,18,20-50H2,1-5H3,(H-,54,57,58,59)/b19-17-. The Kier molecular flexibility index (Phi) is 44.8. The number of phosphoric acid groups is 1. The van der Waals surface area contributed by atoms with Crippen LogP contribution in [0.4, 0.5) is 0 Å². The lowest BCUT2D eigenvalue weighted by Gasteiger charge is -2.30. The molecule has 3 atom stereocenters. The van der Waals surface area contributed by atoms with Crippen LogP contribution >= 0.6 is 7.82 Å². The molecule has 0 aliphatic carbocycles. The SMILES string of the molecule is CCCCCC/C=C\CCCCCCCCCC(=O)NC(COP(=O)([O-])OCC[N+](C)(C)C)C(O)CCCCCCCCCCCCCCCCCCCCCCCCCCC. The zero-order valence-corrected chi connectivity index (χ0v) is 43.0. The van der Waals surface area contributed by atoms with Gasteiger partial charge in [0.15, 0.2) is 0 Å². The van der Waals surface area contributed by atoms with Crippen LogP contribution < -0.4 is 10.2 Å². The van der Waals surface area contributed by atoms with E-state index in [0.717, 1.165) is 38.5 Å². The van der Waals surface area contributed by atoms with Crippen molar-refractivity contribution in [3.63, 3.8) is 0 Å². The Morgan fingerprint density at radius 1 is 0.548 bits per heavy atom. The molecule has 0 aromatic carbocycles. The average molecular weight is 899 g/mol. The summed E-state index contributed by atoms with van der Waals surface area (Å²) in [5.41, 5.74) is 0. The Morgan fingerprint density at radius 2 is 0.887 bits per heavy atom. The number of nitrogens with zero attached hydrogens (tertiary/aromatic N) is 1. The molecule has 9 heteroatoms. The van der Waals surface area contributed by atoms with Crippen molar-refractivity contribution >= 4 is 13.7 Å². The number of rotatable bonds is 50. The molecule has 8 nitrogen and oxygen atoms in total. The Balaban J connectivity index is 4.15. The number of nitrogens with one attached hydrogen (secondary N) is 1. The number of aliphatic hydroxyl groups is 1. The zero-order chi connectivity index (χ0) is 45.7. The fourth-order valence-electron chi connectivity index (χ4n) is 8.21. The van der Waals surface area contributed by atoms with Crippen LogP contribution in [0.5, 0.6) is 0 Å². The molecule has 0 bridgehead atoms. The number of quaternary nitrogens is 1. The summed E-state index contributed by atoms with van der Waals surface area (Å²) in [4.78, 5) is 25.4. The van der Waals surface area contributed by atoms with E-state index in [0.29, 0.717) is 23.9 Å². The van der Waals surface area contributed by atoms with E-state index >= 15 is 0 Å². The first-order valence-electron chi connectivity index (χ1n) is 27.0. The number of carbonyl (C=O) groups excluding carboxylic acids is 1. The van der Waals surface area contributed by atoms with Gasteiger partial charge in [0.1, 0.15) is 13.2 Å². The molecule has 62 heavy (non-hydrogen) atoms. The number of allylic oxidation sites excluding steroid dienone is 2. The van der Waals surface area contributed by atoms with Crippen LogP contribution in [0, 0.1) is 0 Å². The molecular weight excluding hydrogens is 792 g/mol. The van der Waals surface area contributed by atoms with Crippen LogP contribution in [-0.2, 0) is 18.4 Å². The van der Waals surface area contributed by atoms with Crippen LogP contribution in [0.1, 0.15) is 271 Å². The number of likely N-dealkylation sites (N-methyl/N-ethyl adjacent to an activating group) is 1. The molecule has 0 radical (unpaired) electrons. The van der Waals surface area contributed by atoms with E-state index in [2.05, 4.69) is 31.3 Å². The van der Waals surface area contributed by atoms with E-state index < -0.39 is 20.0 Å². The zero-order valence-electron chi connectivity index (χ0n) is 42.1. The fraction of sp³-hybridized carbons (Fsp3) is 0.943. The summed E-state index contributed by atoms with van der Waals surface area (Å²) >= 11 is 0. The summed E-state index contributed by atoms with van der Waals surface area (Å²) in [5, 5.41) is 14.0. The molecule has 370 valence electrons. The first kappa shape index (κ1) is 61.2. The van der Waals surface area contributed by atoms with Gasteiger partial charge in [0.25, 0.3) is 7.82 Å². The molecule has 0 aliphatic rings. The fourth-order valence-corrected chi connectivity index (χ4v) is 8.94. The van der Waals surface area contributed by atoms with E-state index in [-0.39, 0.29) is 19.1 Å². The number of hydrogen-bond acceptors (Lipinski definition) is 6. The van der Waals surface area contributed by atoms with E-state index in [1.807, 2.05) is 21.1 Å². The summed E-state index contributed by atoms with van der Waals surface area (Å²) in [6, 6.07) is -0.800. The summed E-state index contributed by atoms with van der Waals surface area (Å²) in [5.74, 6) is -0.166. The molecule has 0 spiro atoms. The van der Waals surface area contributed by atoms with Gasteiger partial charge in [0.2, 0.25) is 5.91 Å². The summed E-state index contributed by atoms with van der Waals surface area (Å²) in [7, 11) is 1.31. The average Bonchev–Trinajstić information content (AvgIpc) is 3.23. The molecule has 0 saturated heterocycles. The van der Waals surface area contributed by atoms with Crippen LogP contribution in [0.25, 0.3) is 0 Å². The highest BCUT2D eigenvalue weighted by Crippen LogP contribution is 2.38. The van der Waals surface area contributed by atoms with Gasteiger partial charge >= 0.3 is 0 Å². The van der Waals surface area contributed by atoms with Gasteiger partial charge in [-0.25, -0.2) is 0 Å². The third kappa shape index (κ3) is 47.2. The smallest absolute Gasteiger partial charge is 0.268 e. The van der Waals surface area contributed by atoms with Crippen molar-refractivity contribution in [2.45, 2.75) is 283 Å². The number of amides is 1. The minimum absolute atomic E-state index is 0.0136. The van der Waals surface area contributed by atoms with Gasteiger partial charge in [-0.05, 0) is 38.5 Å². The van der Waals surface area contributed by atoms with E-state index in [4.69, 9.17) is 9.05 Å². The van der Waals surface area contributed by atoms with Gasteiger partial charge in [-0.1, -0.05) is 238 Å². The summed E-state index contributed by atoms with van der Waals surface area (Å²) in [6.07, 6.45) is 53.8. The minimum Gasteiger partial charge on any atom is -0.756 e. The van der Waals surface area contributed by atoms with Crippen molar-refractivity contribution in [1.82, 2.24) is 5.32 Å². The quantitative estimate of drug-likeness (QED) is 0.0272. The maximum atomic E-state index is 12.9. The second-order valence-electron chi connectivity index (χ2n) is 19.9. The molecule has 0 aliphatic heterocycles. The van der Waals surface area contributed by atoms with E-state index in [9.17, 15) is 19.4 Å². The second-order valence-corrected chi connectivity index (χ2v) is 21.4. The third-order valence-corrected chi connectivity index (χ3v) is 13.5. The van der Waals surface area contributed by atoms with Crippen molar-refractivity contribution in [2.24, 2.45) is 0 Å². The van der Waals surface area contributed by atoms with Gasteiger partial charge in [0, 0.05) is 6.42 Å². The first-order valence-corrected chi connectivity index (χ1v) is 28.5. The highest BCUT2D eigenvalue weighted by atomic mass is 31.2. The largest absolute Gasteiger partial charge is 0.756 e. The lowest BCUT2D eigenvalue weighted by Crippen LogP contribution is -2.46. The predicted octanol–water partition coefficient (Wildman–Crippen LogP) is 15.2. The normalized spacial score (nSPS) is 14.1. The van der Waals surface area contributed by atoms with Gasteiger partial charge in [0.05, 0.1) is 39.9 Å². The molecule has 0 fully saturated rings. The second kappa shape index (κ2) is 45.4. The minimum atomic E-state index is -4.57. The highest BCUT2D eigenvalue weighted by Gasteiger charge is 2.24. The van der Waals surface area contributed by atoms with Crippen molar-refractivity contribution in [3.05, 3.63) is 12.2 Å². The molecule has 0 heterocycles. The Bertz CT molecular complexity index is 1020. The van der Waals surface area contributed by atoms with E-state index in [1.54, 1.807) is 0 Å². The topological polar surface area (TPSA) is 108 Å². The van der Waals surface area contributed by atoms with Crippen molar-refractivity contribution in [1.29, 1.82) is 0 Å².